The van der Waals surface area contributed by atoms with Crippen molar-refractivity contribution in [2.24, 2.45) is 4.99 Å². The van der Waals surface area contributed by atoms with E-state index in [9.17, 15) is 13.2 Å². The maximum Gasteiger partial charge on any atom is 0.416 e. The maximum atomic E-state index is 12.9. The SMILES string of the molecule is CCNC(=NCC(c1ccc(C(F)(F)F)cc1)N1CCOCC1)NCCCOCC. The second-order valence-corrected chi connectivity index (χ2v) is 6.98. The number of alkyl halides is 3. The zero-order valence-electron chi connectivity index (χ0n) is 17.8. The molecule has 2 rings (SSSR count). The molecule has 30 heavy (non-hydrogen) atoms. The average molecular weight is 431 g/mol. The van der Waals surface area contributed by atoms with E-state index in [1.54, 1.807) is 12.1 Å². The molecule has 0 bridgehead atoms. The molecule has 1 aliphatic rings. The minimum atomic E-state index is -4.34. The number of nitrogens with zero attached hydrogens (tertiary/aromatic N) is 2. The summed E-state index contributed by atoms with van der Waals surface area (Å²) in [4.78, 5) is 6.92. The van der Waals surface area contributed by atoms with E-state index in [2.05, 4.69) is 15.5 Å². The third-order valence-corrected chi connectivity index (χ3v) is 4.84. The molecular weight excluding hydrogens is 397 g/mol. The Morgan fingerprint density at radius 3 is 2.47 bits per heavy atom. The second kappa shape index (κ2) is 12.8. The highest BCUT2D eigenvalue weighted by Crippen LogP contribution is 2.31. The Kier molecular flexibility index (Phi) is 10.4. The van der Waals surface area contributed by atoms with Gasteiger partial charge in [0.15, 0.2) is 5.96 Å². The molecule has 1 saturated heterocycles. The molecule has 0 aliphatic carbocycles. The van der Waals surface area contributed by atoms with Crippen LogP contribution in [-0.2, 0) is 15.7 Å². The minimum Gasteiger partial charge on any atom is -0.382 e. The molecule has 1 unspecified atom stereocenters. The summed E-state index contributed by atoms with van der Waals surface area (Å²) in [6.07, 6.45) is -3.47. The van der Waals surface area contributed by atoms with Gasteiger partial charge in [0.25, 0.3) is 0 Å². The molecule has 2 N–H and O–H groups in total. The van der Waals surface area contributed by atoms with Crippen molar-refractivity contribution in [1.29, 1.82) is 0 Å². The predicted octanol–water partition coefficient (Wildman–Crippen LogP) is 3.06. The van der Waals surface area contributed by atoms with Gasteiger partial charge in [-0.2, -0.15) is 13.2 Å². The van der Waals surface area contributed by atoms with Gasteiger partial charge < -0.3 is 20.1 Å². The quantitative estimate of drug-likeness (QED) is 0.340. The molecule has 170 valence electrons. The second-order valence-electron chi connectivity index (χ2n) is 6.98. The lowest BCUT2D eigenvalue weighted by molar-refractivity contribution is -0.137. The van der Waals surface area contributed by atoms with Crippen molar-refractivity contribution in [3.8, 4) is 0 Å². The number of benzene rings is 1. The molecule has 0 radical (unpaired) electrons. The van der Waals surface area contributed by atoms with Crippen molar-refractivity contribution in [2.75, 3.05) is 59.2 Å². The first-order valence-corrected chi connectivity index (χ1v) is 10.5. The summed E-state index contributed by atoms with van der Waals surface area (Å²) < 4.78 is 49.6. The van der Waals surface area contributed by atoms with Gasteiger partial charge in [-0.25, -0.2) is 0 Å². The number of guanidine groups is 1. The highest BCUT2D eigenvalue weighted by molar-refractivity contribution is 5.79. The van der Waals surface area contributed by atoms with Crippen molar-refractivity contribution in [2.45, 2.75) is 32.5 Å². The third-order valence-electron chi connectivity index (χ3n) is 4.84. The van der Waals surface area contributed by atoms with Gasteiger partial charge in [0, 0.05) is 39.4 Å². The summed E-state index contributed by atoms with van der Waals surface area (Å²) in [5.41, 5.74) is 0.181. The highest BCUT2D eigenvalue weighted by Gasteiger charge is 2.31. The molecular formula is C21H33F3N4O2. The van der Waals surface area contributed by atoms with Gasteiger partial charge in [-0.3, -0.25) is 9.89 Å². The van der Waals surface area contributed by atoms with Crippen LogP contribution in [0.15, 0.2) is 29.3 Å². The molecule has 1 aromatic rings. The van der Waals surface area contributed by atoms with E-state index in [0.29, 0.717) is 38.9 Å². The van der Waals surface area contributed by atoms with Gasteiger partial charge in [0.1, 0.15) is 0 Å². The number of rotatable bonds is 10. The van der Waals surface area contributed by atoms with Gasteiger partial charge in [0.2, 0.25) is 0 Å². The van der Waals surface area contributed by atoms with Crippen LogP contribution in [0.3, 0.4) is 0 Å². The topological polar surface area (TPSA) is 58.1 Å². The Labute approximate surface area is 176 Å². The Hall–Kier alpha value is -1.84. The molecule has 0 saturated carbocycles. The first-order valence-electron chi connectivity index (χ1n) is 10.5. The lowest BCUT2D eigenvalue weighted by Crippen LogP contribution is -2.42. The van der Waals surface area contributed by atoms with Crippen molar-refractivity contribution < 1.29 is 22.6 Å². The number of nitrogens with one attached hydrogen (secondary N) is 2. The number of morpholine rings is 1. The fraction of sp³-hybridized carbons (Fsp3) is 0.667. The molecule has 1 aliphatic heterocycles. The maximum absolute atomic E-state index is 12.9. The Morgan fingerprint density at radius 2 is 1.87 bits per heavy atom. The molecule has 6 nitrogen and oxygen atoms in total. The zero-order chi connectivity index (χ0) is 21.8. The van der Waals surface area contributed by atoms with E-state index in [-0.39, 0.29) is 6.04 Å². The summed E-state index contributed by atoms with van der Waals surface area (Å²) >= 11 is 0. The molecule has 9 heteroatoms. The van der Waals surface area contributed by atoms with Crippen LogP contribution in [-0.4, -0.2) is 70.0 Å². The van der Waals surface area contributed by atoms with Gasteiger partial charge in [-0.15, -0.1) is 0 Å². The smallest absolute Gasteiger partial charge is 0.382 e. The fourth-order valence-corrected chi connectivity index (χ4v) is 3.26. The third kappa shape index (κ3) is 8.12. The van der Waals surface area contributed by atoms with Gasteiger partial charge in [0.05, 0.1) is 31.4 Å². The molecule has 0 spiro atoms. The van der Waals surface area contributed by atoms with Crippen molar-refractivity contribution in [1.82, 2.24) is 15.5 Å². The van der Waals surface area contributed by atoms with E-state index in [1.807, 2.05) is 13.8 Å². The number of hydrogen-bond acceptors (Lipinski definition) is 4. The molecule has 1 heterocycles. The summed E-state index contributed by atoms with van der Waals surface area (Å²) in [6.45, 7) is 9.89. The average Bonchev–Trinajstić information content (AvgIpc) is 2.74. The summed E-state index contributed by atoms with van der Waals surface area (Å²) in [5.74, 6) is 0.694. The van der Waals surface area contributed by atoms with Crippen molar-refractivity contribution in [3.63, 3.8) is 0 Å². The Morgan fingerprint density at radius 1 is 1.17 bits per heavy atom. The Bertz CT molecular complexity index is 632. The van der Waals surface area contributed by atoms with E-state index in [1.165, 1.54) is 0 Å². The van der Waals surface area contributed by atoms with Crippen molar-refractivity contribution >= 4 is 5.96 Å². The largest absolute Gasteiger partial charge is 0.416 e. The first kappa shape index (κ1) is 24.4. The van der Waals surface area contributed by atoms with Crippen molar-refractivity contribution in [3.05, 3.63) is 35.4 Å². The zero-order valence-corrected chi connectivity index (χ0v) is 17.8. The normalized spacial score (nSPS) is 17.0. The summed E-state index contributed by atoms with van der Waals surface area (Å²) in [6, 6.07) is 5.28. The number of aliphatic imine (C=N–C) groups is 1. The Balaban J connectivity index is 2.10. The van der Waals surface area contributed by atoms with E-state index >= 15 is 0 Å². The van der Waals surface area contributed by atoms with Gasteiger partial charge >= 0.3 is 6.18 Å². The van der Waals surface area contributed by atoms with Crippen LogP contribution in [0.1, 0.15) is 37.4 Å². The number of halogens is 3. The van der Waals surface area contributed by atoms with Crippen LogP contribution in [0, 0.1) is 0 Å². The number of ether oxygens (including phenoxy) is 2. The van der Waals surface area contributed by atoms with Crippen LogP contribution in [0.5, 0.6) is 0 Å². The van der Waals surface area contributed by atoms with Crippen LogP contribution in [0.4, 0.5) is 13.2 Å². The fourth-order valence-electron chi connectivity index (χ4n) is 3.26. The molecule has 0 amide bonds. The lowest BCUT2D eigenvalue weighted by Gasteiger charge is -2.34. The molecule has 1 atom stereocenters. The lowest BCUT2D eigenvalue weighted by atomic mass is 10.0. The van der Waals surface area contributed by atoms with E-state index in [4.69, 9.17) is 14.5 Å². The first-order chi connectivity index (χ1) is 14.5. The van der Waals surface area contributed by atoms with Crippen LogP contribution in [0.25, 0.3) is 0 Å². The monoisotopic (exact) mass is 430 g/mol. The van der Waals surface area contributed by atoms with Gasteiger partial charge in [-0.05, 0) is 38.0 Å². The standard InChI is InChI=1S/C21H33F3N4O2/c1-3-25-20(26-10-5-13-29-4-2)27-16-19(28-11-14-30-15-12-28)17-6-8-18(9-7-17)21(22,23)24/h6-9,19H,3-5,10-16H2,1-2H3,(H2,25,26,27). The minimum absolute atomic E-state index is 0.116. The van der Waals surface area contributed by atoms with Crippen LogP contribution >= 0.6 is 0 Å². The summed E-state index contributed by atoms with van der Waals surface area (Å²) in [5, 5.41) is 6.50. The summed E-state index contributed by atoms with van der Waals surface area (Å²) in [7, 11) is 0. The van der Waals surface area contributed by atoms with Gasteiger partial charge in [-0.1, -0.05) is 12.1 Å². The number of hydrogen-bond donors (Lipinski definition) is 2. The molecule has 1 aromatic carbocycles. The molecule has 1 fully saturated rings. The van der Waals surface area contributed by atoms with E-state index in [0.717, 1.165) is 50.3 Å². The molecule has 0 aromatic heterocycles. The highest BCUT2D eigenvalue weighted by atomic mass is 19.4. The predicted molar refractivity (Wildman–Crippen MR) is 112 cm³/mol. The van der Waals surface area contributed by atoms with E-state index < -0.39 is 11.7 Å². The van der Waals surface area contributed by atoms with Crippen LogP contribution < -0.4 is 10.6 Å². The van der Waals surface area contributed by atoms with Crippen LogP contribution in [0.2, 0.25) is 0 Å².